The van der Waals surface area contributed by atoms with Crippen LogP contribution in [-0.4, -0.2) is 37.0 Å². The maximum absolute atomic E-state index is 12.3. The fraction of sp³-hybridized carbons (Fsp3) is 0.500. The Labute approximate surface area is 195 Å². The average molecular weight is 457 g/mol. The van der Waals surface area contributed by atoms with Crippen LogP contribution in [0.2, 0.25) is 10.0 Å². The standard InChI is InChI=1S/C26H30Cl2N2O/c27-23-7-1-6-22(25(23)28)19-10-14-29(15-11-19)12-2-4-18-16-20-5-3-13-30-24(31)9-8-21(17-18)26(20)30/h1,6-7,16-17,19H,2-5,8-15H2. The molecule has 0 atom stereocenters. The van der Waals surface area contributed by atoms with Crippen molar-refractivity contribution in [2.45, 2.75) is 57.3 Å². The van der Waals surface area contributed by atoms with Crippen molar-refractivity contribution in [3.8, 4) is 0 Å². The predicted molar refractivity (Wildman–Crippen MR) is 129 cm³/mol. The van der Waals surface area contributed by atoms with E-state index in [1.807, 2.05) is 17.0 Å². The monoisotopic (exact) mass is 456 g/mol. The zero-order valence-electron chi connectivity index (χ0n) is 18.0. The van der Waals surface area contributed by atoms with E-state index < -0.39 is 0 Å². The number of aryl methyl sites for hydroxylation is 3. The number of likely N-dealkylation sites (tertiary alicyclic amines) is 1. The Morgan fingerprint density at radius 3 is 2.55 bits per heavy atom. The van der Waals surface area contributed by atoms with Gasteiger partial charge in [-0.15, -0.1) is 0 Å². The molecule has 164 valence electrons. The Morgan fingerprint density at radius 2 is 1.74 bits per heavy atom. The van der Waals surface area contributed by atoms with Gasteiger partial charge in [0.05, 0.1) is 15.7 Å². The van der Waals surface area contributed by atoms with Gasteiger partial charge in [0.1, 0.15) is 0 Å². The fourth-order valence-electron chi connectivity index (χ4n) is 5.68. The molecule has 0 aliphatic carbocycles. The lowest BCUT2D eigenvalue weighted by atomic mass is 9.88. The topological polar surface area (TPSA) is 23.6 Å². The van der Waals surface area contributed by atoms with Crippen molar-refractivity contribution in [2.24, 2.45) is 0 Å². The first kappa shape index (κ1) is 21.3. The Hall–Kier alpha value is -1.55. The molecule has 2 aromatic carbocycles. The largest absolute Gasteiger partial charge is 0.312 e. The highest BCUT2D eigenvalue weighted by atomic mass is 35.5. The van der Waals surface area contributed by atoms with Crippen molar-refractivity contribution in [1.82, 2.24) is 4.90 Å². The second-order valence-electron chi connectivity index (χ2n) is 9.27. The van der Waals surface area contributed by atoms with Crippen molar-refractivity contribution in [2.75, 3.05) is 31.1 Å². The molecular weight excluding hydrogens is 427 g/mol. The van der Waals surface area contributed by atoms with E-state index in [0.717, 1.165) is 69.7 Å². The van der Waals surface area contributed by atoms with Gasteiger partial charge < -0.3 is 9.80 Å². The van der Waals surface area contributed by atoms with Crippen molar-refractivity contribution < 1.29 is 4.79 Å². The van der Waals surface area contributed by atoms with Crippen LogP contribution in [0.4, 0.5) is 5.69 Å². The Kier molecular flexibility index (Phi) is 6.28. The maximum Gasteiger partial charge on any atom is 0.227 e. The fourth-order valence-corrected chi connectivity index (χ4v) is 6.14. The van der Waals surface area contributed by atoms with Crippen LogP contribution in [0.15, 0.2) is 30.3 Å². The molecule has 0 N–H and O–H groups in total. The van der Waals surface area contributed by atoms with E-state index in [-0.39, 0.29) is 0 Å². The van der Waals surface area contributed by atoms with Crippen LogP contribution in [-0.2, 0) is 24.1 Å². The molecule has 0 unspecified atom stereocenters. The number of carbonyl (C=O) groups excluding carboxylic acids is 1. The van der Waals surface area contributed by atoms with Crippen LogP contribution in [0, 0.1) is 0 Å². The molecule has 0 bridgehead atoms. The molecule has 0 saturated carbocycles. The summed E-state index contributed by atoms with van der Waals surface area (Å²) in [5.74, 6) is 0.825. The zero-order valence-corrected chi connectivity index (χ0v) is 19.5. The number of amides is 1. The van der Waals surface area contributed by atoms with Gasteiger partial charge in [0.2, 0.25) is 5.91 Å². The molecule has 5 rings (SSSR count). The van der Waals surface area contributed by atoms with Gasteiger partial charge >= 0.3 is 0 Å². The van der Waals surface area contributed by atoms with Crippen molar-refractivity contribution in [1.29, 1.82) is 0 Å². The van der Waals surface area contributed by atoms with E-state index in [2.05, 4.69) is 23.1 Å². The van der Waals surface area contributed by atoms with Gasteiger partial charge in [-0.2, -0.15) is 0 Å². The number of benzene rings is 2. The normalized spacial score (nSPS) is 19.5. The molecular formula is C26H30Cl2N2O. The van der Waals surface area contributed by atoms with Crippen LogP contribution >= 0.6 is 23.2 Å². The maximum atomic E-state index is 12.3. The first-order valence-electron chi connectivity index (χ1n) is 11.7. The van der Waals surface area contributed by atoms with Crippen LogP contribution in [0.1, 0.15) is 60.3 Å². The third kappa shape index (κ3) is 4.37. The molecule has 0 aromatic heterocycles. The molecule has 2 aromatic rings. The lowest BCUT2D eigenvalue weighted by Gasteiger charge is -2.35. The summed E-state index contributed by atoms with van der Waals surface area (Å²) < 4.78 is 0. The first-order valence-corrected chi connectivity index (χ1v) is 12.5. The van der Waals surface area contributed by atoms with Crippen LogP contribution < -0.4 is 4.90 Å². The number of nitrogens with zero attached hydrogens (tertiary/aromatic N) is 2. The van der Waals surface area contributed by atoms with E-state index in [1.165, 1.54) is 34.4 Å². The van der Waals surface area contributed by atoms with Gasteiger partial charge in [-0.25, -0.2) is 0 Å². The first-order chi connectivity index (χ1) is 15.1. The molecule has 3 nitrogen and oxygen atoms in total. The highest BCUT2D eigenvalue weighted by molar-refractivity contribution is 6.42. The van der Waals surface area contributed by atoms with Crippen LogP contribution in [0.5, 0.6) is 0 Å². The molecule has 3 heterocycles. The number of halogens is 2. The summed E-state index contributed by atoms with van der Waals surface area (Å²) in [4.78, 5) is 16.9. The molecule has 1 amide bonds. The van der Waals surface area contributed by atoms with E-state index in [0.29, 0.717) is 23.3 Å². The molecule has 31 heavy (non-hydrogen) atoms. The van der Waals surface area contributed by atoms with Gasteiger partial charge in [-0.3, -0.25) is 4.79 Å². The molecule has 1 saturated heterocycles. The Bertz CT molecular complexity index is 964. The van der Waals surface area contributed by atoms with Crippen molar-refractivity contribution in [3.05, 3.63) is 62.6 Å². The van der Waals surface area contributed by atoms with Gasteiger partial charge in [-0.1, -0.05) is 47.5 Å². The second kappa shape index (κ2) is 9.13. The third-order valence-electron chi connectivity index (χ3n) is 7.28. The number of rotatable bonds is 5. The number of anilines is 1. The number of hydrogen-bond donors (Lipinski definition) is 0. The summed E-state index contributed by atoms with van der Waals surface area (Å²) in [5, 5.41) is 1.40. The molecule has 5 heteroatoms. The Morgan fingerprint density at radius 1 is 0.968 bits per heavy atom. The highest BCUT2D eigenvalue weighted by Crippen LogP contribution is 2.38. The lowest BCUT2D eigenvalue weighted by molar-refractivity contribution is -0.119. The number of carbonyl (C=O) groups is 1. The van der Waals surface area contributed by atoms with Crippen LogP contribution in [0.25, 0.3) is 0 Å². The minimum Gasteiger partial charge on any atom is -0.312 e. The number of piperidine rings is 1. The number of hydrogen-bond acceptors (Lipinski definition) is 2. The minimum atomic E-state index is 0.309. The minimum absolute atomic E-state index is 0.309. The van der Waals surface area contributed by atoms with E-state index >= 15 is 0 Å². The summed E-state index contributed by atoms with van der Waals surface area (Å²) >= 11 is 12.7. The molecule has 0 spiro atoms. The lowest BCUT2D eigenvalue weighted by Crippen LogP contribution is -2.39. The molecule has 1 fully saturated rings. The van der Waals surface area contributed by atoms with Gasteiger partial charge in [0, 0.05) is 13.0 Å². The summed E-state index contributed by atoms with van der Waals surface area (Å²) in [6.45, 7) is 4.29. The van der Waals surface area contributed by atoms with E-state index in [1.54, 1.807) is 0 Å². The summed E-state index contributed by atoms with van der Waals surface area (Å²) in [5.41, 5.74) is 6.69. The SMILES string of the molecule is O=C1CCc2cc(CCCN3CCC(c4cccc(Cl)c4Cl)CC3)cc3c2N1CCC3. The molecule has 3 aliphatic heterocycles. The Balaban J connectivity index is 1.16. The summed E-state index contributed by atoms with van der Waals surface area (Å²) in [7, 11) is 0. The summed E-state index contributed by atoms with van der Waals surface area (Å²) in [6.07, 6.45) is 8.37. The average Bonchev–Trinajstić information content (AvgIpc) is 2.79. The van der Waals surface area contributed by atoms with Crippen molar-refractivity contribution in [3.63, 3.8) is 0 Å². The molecule has 3 aliphatic rings. The second-order valence-corrected chi connectivity index (χ2v) is 10.1. The van der Waals surface area contributed by atoms with Gasteiger partial charge in [-0.05, 0) is 98.8 Å². The van der Waals surface area contributed by atoms with E-state index in [9.17, 15) is 4.79 Å². The summed E-state index contributed by atoms with van der Waals surface area (Å²) in [6, 6.07) is 10.8. The quantitative estimate of drug-likeness (QED) is 0.547. The van der Waals surface area contributed by atoms with Gasteiger partial charge in [0.15, 0.2) is 0 Å². The van der Waals surface area contributed by atoms with Crippen LogP contribution in [0.3, 0.4) is 0 Å². The smallest absolute Gasteiger partial charge is 0.227 e. The zero-order chi connectivity index (χ0) is 21.4. The molecule has 0 radical (unpaired) electrons. The van der Waals surface area contributed by atoms with E-state index in [4.69, 9.17) is 23.2 Å². The van der Waals surface area contributed by atoms with Gasteiger partial charge in [0.25, 0.3) is 0 Å². The predicted octanol–water partition coefficient (Wildman–Crippen LogP) is 6.03. The highest BCUT2D eigenvalue weighted by Gasteiger charge is 2.29. The van der Waals surface area contributed by atoms with Crippen molar-refractivity contribution >= 4 is 34.8 Å². The third-order valence-corrected chi connectivity index (χ3v) is 8.12.